The quantitative estimate of drug-likeness (QED) is 0.636. The van der Waals surface area contributed by atoms with Gasteiger partial charge in [0.2, 0.25) is 0 Å². The Labute approximate surface area is 106 Å². The Balaban J connectivity index is 2.11. The number of rotatable bonds is 3. The minimum absolute atomic E-state index is 0.430. The Morgan fingerprint density at radius 1 is 1.35 bits per heavy atom. The van der Waals surface area contributed by atoms with Crippen molar-refractivity contribution in [1.29, 1.82) is 0 Å². The van der Waals surface area contributed by atoms with Gasteiger partial charge in [0.1, 0.15) is 0 Å². The van der Waals surface area contributed by atoms with E-state index in [0.717, 1.165) is 18.8 Å². The first-order valence-corrected chi connectivity index (χ1v) is 8.24. The predicted molar refractivity (Wildman–Crippen MR) is 74.6 cm³/mol. The van der Waals surface area contributed by atoms with Gasteiger partial charge in [-0.25, -0.2) is 0 Å². The molecule has 2 aliphatic rings. The van der Waals surface area contributed by atoms with E-state index in [9.17, 15) is 4.57 Å². The van der Waals surface area contributed by atoms with Crippen molar-refractivity contribution < 1.29 is 4.57 Å². The van der Waals surface area contributed by atoms with Crippen LogP contribution in [-0.4, -0.2) is 5.66 Å². The number of hydrogen-bond acceptors (Lipinski definition) is 1. The molecule has 0 aromatic heterocycles. The van der Waals surface area contributed by atoms with Gasteiger partial charge in [0, 0.05) is 12.3 Å². The molecule has 0 heterocycles. The second-order valence-electron chi connectivity index (χ2n) is 6.01. The lowest BCUT2D eigenvalue weighted by Gasteiger charge is -2.31. The van der Waals surface area contributed by atoms with E-state index in [2.05, 4.69) is 39.0 Å². The molecule has 2 heteroatoms. The summed E-state index contributed by atoms with van der Waals surface area (Å²) in [4.78, 5) is 0. The Bertz CT molecular complexity index is 354. The third kappa shape index (κ3) is 2.88. The van der Waals surface area contributed by atoms with E-state index in [-0.39, 0.29) is 0 Å². The first kappa shape index (κ1) is 13.0. The van der Waals surface area contributed by atoms with Gasteiger partial charge in [-0.05, 0) is 30.8 Å². The van der Waals surface area contributed by atoms with Crippen LogP contribution in [0.5, 0.6) is 0 Å². The molecular formula is C15H24OP+. The van der Waals surface area contributed by atoms with Gasteiger partial charge >= 0.3 is 7.80 Å². The zero-order chi connectivity index (χ0) is 12.4. The monoisotopic (exact) mass is 251 g/mol. The summed E-state index contributed by atoms with van der Waals surface area (Å²) < 4.78 is 12.7. The average molecular weight is 251 g/mol. The number of allylic oxidation sites excluding steroid dienone is 4. The molecule has 0 bridgehead atoms. The summed E-state index contributed by atoms with van der Waals surface area (Å²) in [5.41, 5.74) is 0.430. The highest BCUT2D eigenvalue weighted by atomic mass is 31.1. The minimum Gasteiger partial charge on any atom is -0.0760 e. The Hall–Kier alpha value is -0.420. The molecule has 0 aliphatic heterocycles. The van der Waals surface area contributed by atoms with Crippen molar-refractivity contribution >= 4 is 7.80 Å². The van der Waals surface area contributed by atoms with Gasteiger partial charge < -0.3 is 0 Å². The molecule has 17 heavy (non-hydrogen) atoms. The predicted octanol–water partition coefficient (Wildman–Crippen LogP) is 5.12. The normalized spacial score (nSPS) is 34.0. The molecular weight excluding hydrogens is 227 g/mol. The van der Waals surface area contributed by atoms with Crippen LogP contribution < -0.4 is 0 Å². The molecule has 1 nitrogen and oxygen atoms in total. The van der Waals surface area contributed by atoms with Gasteiger partial charge in [0.05, 0.1) is 0 Å². The van der Waals surface area contributed by atoms with Gasteiger partial charge in [-0.1, -0.05) is 43.9 Å². The van der Waals surface area contributed by atoms with Crippen LogP contribution in [0.2, 0.25) is 0 Å². The van der Waals surface area contributed by atoms with Crippen molar-refractivity contribution in [2.45, 2.75) is 52.1 Å². The molecule has 2 rings (SSSR count). The SMILES string of the molecule is CC(C)[C@@H]1CC[C@@H](C)C[C@H]1[P+](=O)C1=CC=CC1. The molecule has 94 valence electrons. The second-order valence-corrected chi connectivity index (χ2v) is 7.90. The van der Waals surface area contributed by atoms with Crippen LogP contribution in [0.15, 0.2) is 23.5 Å². The highest BCUT2D eigenvalue weighted by Crippen LogP contribution is 2.52. The summed E-state index contributed by atoms with van der Waals surface area (Å²) in [7, 11) is -1.15. The summed E-state index contributed by atoms with van der Waals surface area (Å²) in [5.74, 6) is 2.08. The van der Waals surface area contributed by atoms with Crippen LogP contribution in [-0.2, 0) is 4.57 Å². The van der Waals surface area contributed by atoms with Crippen LogP contribution in [0.3, 0.4) is 0 Å². The van der Waals surface area contributed by atoms with E-state index in [1.165, 1.54) is 18.2 Å². The van der Waals surface area contributed by atoms with E-state index < -0.39 is 7.80 Å². The van der Waals surface area contributed by atoms with Crippen molar-refractivity contribution in [2.75, 3.05) is 0 Å². The fourth-order valence-corrected chi connectivity index (χ4v) is 5.57. The molecule has 0 aromatic rings. The molecule has 4 atom stereocenters. The van der Waals surface area contributed by atoms with E-state index >= 15 is 0 Å². The van der Waals surface area contributed by atoms with Gasteiger partial charge in [-0.3, -0.25) is 0 Å². The maximum absolute atomic E-state index is 12.7. The van der Waals surface area contributed by atoms with Crippen LogP contribution in [0, 0.1) is 17.8 Å². The van der Waals surface area contributed by atoms with Gasteiger partial charge in [0.15, 0.2) is 11.0 Å². The third-order valence-electron chi connectivity index (χ3n) is 4.32. The summed E-state index contributed by atoms with van der Waals surface area (Å²) >= 11 is 0. The topological polar surface area (TPSA) is 17.1 Å². The summed E-state index contributed by atoms with van der Waals surface area (Å²) in [5, 5.41) is 1.18. The molecule has 0 aromatic carbocycles. The molecule has 0 N–H and O–H groups in total. The lowest BCUT2D eigenvalue weighted by molar-refractivity contribution is 0.239. The maximum atomic E-state index is 12.7. The highest BCUT2D eigenvalue weighted by molar-refractivity contribution is 7.50. The third-order valence-corrected chi connectivity index (χ3v) is 6.42. The van der Waals surface area contributed by atoms with Crippen LogP contribution >= 0.6 is 7.80 Å². The van der Waals surface area contributed by atoms with Gasteiger partial charge in [-0.2, -0.15) is 0 Å². The smallest absolute Gasteiger partial charge is 0.0760 e. The van der Waals surface area contributed by atoms with Crippen molar-refractivity contribution in [1.82, 2.24) is 0 Å². The molecule has 1 saturated carbocycles. The minimum atomic E-state index is -1.15. The summed E-state index contributed by atoms with van der Waals surface area (Å²) in [6.07, 6.45) is 10.9. The van der Waals surface area contributed by atoms with Crippen molar-refractivity contribution in [3.8, 4) is 0 Å². The van der Waals surface area contributed by atoms with E-state index in [4.69, 9.17) is 0 Å². The molecule has 0 spiro atoms. The Morgan fingerprint density at radius 3 is 2.71 bits per heavy atom. The van der Waals surface area contributed by atoms with E-state index in [0.29, 0.717) is 17.5 Å². The van der Waals surface area contributed by atoms with Gasteiger partial charge in [0.25, 0.3) is 0 Å². The maximum Gasteiger partial charge on any atom is 0.376 e. The standard InChI is InChI=1S/C15H24OP/c1-11(2)14-9-8-12(3)10-15(14)17(16)13-6-4-5-7-13/h4-6,11-12,14-15H,7-10H2,1-3H3/q+1/t12-,14+,15-/m1/s1. The van der Waals surface area contributed by atoms with E-state index in [1.807, 2.05) is 0 Å². The summed E-state index contributed by atoms with van der Waals surface area (Å²) in [6.45, 7) is 6.89. The van der Waals surface area contributed by atoms with Crippen LogP contribution in [0.1, 0.15) is 46.5 Å². The Morgan fingerprint density at radius 2 is 2.12 bits per heavy atom. The first-order valence-electron chi connectivity index (χ1n) is 6.91. The zero-order valence-electron chi connectivity index (χ0n) is 11.2. The fraction of sp³-hybridized carbons (Fsp3) is 0.733. The zero-order valence-corrected chi connectivity index (χ0v) is 12.1. The first-order chi connectivity index (χ1) is 8.09. The molecule has 0 amide bonds. The highest BCUT2D eigenvalue weighted by Gasteiger charge is 2.44. The lowest BCUT2D eigenvalue weighted by Crippen LogP contribution is -2.29. The van der Waals surface area contributed by atoms with E-state index in [1.54, 1.807) is 0 Å². The van der Waals surface area contributed by atoms with Crippen LogP contribution in [0.25, 0.3) is 0 Å². The fourth-order valence-electron chi connectivity index (χ4n) is 3.23. The number of hydrogen-bond donors (Lipinski definition) is 0. The Kier molecular flexibility index (Phi) is 4.20. The van der Waals surface area contributed by atoms with Crippen molar-refractivity contribution in [2.24, 2.45) is 17.8 Å². The van der Waals surface area contributed by atoms with Crippen molar-refractivity contribution in [3.05, 3.63) is 23.5 Å². The average Bonchev–Trinajstić information content (AvgIpc) is 2.80. The van der Waals surface area contributed by atoms with Gasteiger partial charge in [-0.15, -0.1) is 0 Å². The molecule has 1 unspecified atom stereocenters. The van der Waals surface area contributed by atoms with Crippen molar-refractivity contribution in [3.63, 3.8) is 0 Å². The van der Waals surface area contributed by atoms with Crippen LogP contribution in [0.4, 0.5) is 0 Å². The molecule has 0 saturated heterocycles. The lowest BCUT2D eigenvalue weighted by atomic mass is 9.77. The second kappa shape index (κ2) is 5.48. The largest absolute Gasteiger partial charge is 0.376 e. The molecule has 0 radical (unpaired) electrons. The summed E-state index contributed by atoms with van der Waals surface area (Å²) in [6, 6.07) is 0. The molecule has 2 aliphatic carbocycles. The molecule has 1 fully saturated rings.